The highest BCUT2D eigenvalue weighted by Crippen LogP contribution is 2.11. The largest absolute Gasteiger partial charge is 0.399 e. The molecule has 0 fully saturated rings. The van der Waals surface area contributed by atoms with Gasteiger partial charge in [-0.3, -0.25) is 0 Å². The molecule has 0 amide bonds. The van der Waals surface area contributed by atoms with E-state index in [1.165, 1.54) is 31.4 Å². The number of nitrogens with two attached hydrogens (primary N) is 1. The molecular weight excluding hydrogens is 244 g/mol. The summed E-state index contributed by atoms with van der Waals surface area (Å²) in [6.45, 7) is -0.229. The predicted octanol–water partition coefficient (Wildman–Crippen LogP) is -0.446. The van der Waals surface area contributed by atoms with Crippen molar-refractivity contribution in [1.29, 1.82) is 0 Å². The van der Waals surface area contributed by atoms with Crippen LogP contribution in [-0.4, -0.2) is 39.9 Å². The van der Waals surface area contributed by atoms with E-state index in [0.717, 1.165) is 0 Å². The van der Waals surface area contributed by atoms with Gasteiger partial charge in [0.1, 0.15) is 0 Å². The van der Waals surface area contributed by atoms with E-state index in [0.29, 0.717) is 5.69 Å². The molecule has 0 aliphatic rings. The first-order valence-electron chi connectivity index (χ1n) is 4.97. The van der Waals surface area contributed by atoms with E-state index in [-0.39, 0.29) is 18.1 Å². The van der Waals surface area contributed by atoms with Gasteiger partial charge >= 0.3 is 0 Å². The fourth-order valence-corrected chi connectivity index (χ4v) is 2.47. The third-order valence-corrected chi connectivity index (χ3v) is 3.64. The summed E-state index contributed by atoms with van der Waals surface area (Å²) in [5, 5.41) is 8.98. The summed E-state index contributed by atoms with van der Waals surface area (Å²) in [5.74, 6) is 0. The smallest absolute Gasteiger partial charge is 0.240 e. The molecule has 0 aliphatic heterocycles. The fourth-order valence-electron chi connectivity index (χ4n) is 1.26. The Bertz CT molecular complexity index is 444. The number of rotatable bonds is 6. The third-order valence-electron chi connectivity index (χ3n) is 2.10. The number of sulfonamides is 1. The summed E-state index contributed by atoms with van der Waals surface area (Å²) in [5.41, 5.74) is 5.96. The van der Waals surface area contributed by atoms with Crippen molar-refractivity contribution in [2.24, 2.45) is 0 Å². The van der Waals surface area contributed by atoms with Gasteiger partial charge in [0, 0.05) is 12.8 Å². The van der Waals surface area contributed by atoms with E-state index in [9.17, 15) is 8.42 Å². The zero-order valence-corrected chi connectivity index (χ0v) is 10.3. The summed E-state index contributed by atoms with van der Waals surface area (Å²) in [7, 11) is -2.23. The van der Waals surface area contributed by atoms with Crippen molar-refractivity contribution in [3.63, 3.8) is 0 Å². The van der Waals surface area contributed by atoms with Crippen LogP contribution in [0.2, 0.25) is 0 Å². The van der Waals surface area contributed by atoms with E-state index >= 15 is 0 Å². The van der Waals surface area contributed by atoms with Crippen LogP contribution in [0.3, 0.4) is 0 Å². The minimum absolute atomic E-state index is 0.0984. The summed E-state index contributed by atoms with van der Waals surface area (Å²) in [4.78, 5) is 0.0984. The van der Waals surface area contributed by atoms with Gasteiger partial charge in [-0.15, -0.1) is 0 Å². The zero-order chi connectivity index (χ0) is 12.9. The molecule has 1 rings (SSSR count). The Morgan fingerprint density at radius 1 is 1.41 bits per heavy atom. The van der Waals surface area contributed by atoms with Gasteiger partial charge in [0.2, 0.25) is 10.0 Å². The van der Waals surface area contributed by atoms with Crippen LogP contribution in [0, 0.1) is 0 Å². The normalized spacial score (nSPS) is 13.5. The topological polar surface area (TPSA) is 102 Å². The van der Waals surface area contributed by atoms with E-state index in [4.69, 9.17) is 15.6 Å². The van der Waals surface area contributed by atoms with Crippen molar-refractivity contribution in [3.8, 4) is 0 Å². The Morgan fingerprint density at radius 3 is 2.47 bits per heavy atom. The van der Waals surface area contributed by atoms with Gasteiger partial charge < -0.3 is 15.6 Å². The quantitative estimate of drug-likeness (QED) is 0.602. The summed E-state index contributed by atoms with van der Waals surface area (Å²) < 4.78 is 30.9. The van der Waals surface area contributed by atoms with E-state index in [1.807, 2.05) is 0 Å². The van der Waals surface area contributed by atoms with Gasteiger partial charge in [-0.25, -0.2) is 13.1 Å². The molecule has 0 bridgehead atoms. The van der Waals surface area contributed by atoms with Crippen LogP contribution in [0.25, 0.3) is 0 Å². The lowest BCUT2D eigenvalue weighted by Gasteiger charge is -2.15. The Labute approximate surface area is 100 Å². The number of methoxy groups -OCH3 is 1. The Kier molecular flexibility index (Phi) is 4.88. The molecule has 1 aromatic carbocycles. The van der Waals surface area contributed by atoms with Crippen molar-refractivity contribution >= 4 is 15.7 Å². The van der Waals surface area contributed by atoms with E-state index < -0.39 is 16.1 Å². The third kappa shape index (κ3) is 3.97. The molecule has 6 nitrogen and oxygen atoms in total. The fraction of sp³-hybridized carbons (Fsp3) is 0.400. The Morgan fingerprint density at radius 2 is 2.00 bits per heavy atom. The van der Waals surface area contributed by atoms with Gasteiger partial charge in [-0.05, 0) is 24.3 Å². The van der Waals surface area contributed by atoms with Crippen LogP contribution in [0.4, 0.5) is 5.69 Å². The maximum absolute atomic E-state index is 11.9. The molecule has 0 saturated heterocycles. The lowest BCUT2D eigenvalue weighted by molar-refractivity contribution is 0.139. The van der Waals surface area contributed by atoms with Crippen molar-refractivity contribution in [2.45, 2.75) is 10.9 Å². The minimum Gasteiger partial charge on any atom is -0.399 e. The maximum Gasteiger partial charge on any atom is 0.240 e. The number of nitrogen functional groups attached to an aromatic ring is 1. The molecule has 1 atom stereocenters. The molecule has 17 heavy (non-hydrogen) atoms. The predicted molar refractivity (Wildman–Crippen MR) is 63.9 cm³/mol. The van der Waals surface area contributed by atoms with Gasteiger partial charge in [0.25, 0.3) is 0 Å². The van der Waals surface area contributed by atoms with Crippen molar-refractivity contribution < 1.29 is 18.3 Å². The summed E-state index contributed by atoms with van der Waals surface area (Å²) in [6.07, 6.45) is 0. The van der Waals surface area contributed by atoms with E-state index in [2.05, 4.69) is 4.72 Å². The highest BCUT2D eigenvalue weighted by molar-refractivity contribution is 7.89. The first kappa shape index (κ1) is 13.9. The van der Waals surface area contributed by atoms with Crippen LogP contribution >= 0.6 is 0 Å². The second kappa shape index (κ2) is 5.97. The maximum atomic E-state index is 11.9. The minimum atomic E-state index is -3.66. The second-order valence-corrected chi connectivity index (χ2v) is 5.24. The first-order valence-corrected chi connectivity index (χ1v) is 6.45. The number of benzene rings is 1. The Balaban J connectivity index is 2.84. The molecule has 0 spiro atoms. The average molecular weight is 260 g/mol. The van der Waals surface area contributed by atoms with Gasteiger partial charge in [-0.1, -0.05) is 0 Å². The molecular formula is C10H16N2O4S. The number of ether oxygens (including phenoxy) is 1. The van der Waals surface area contributed by atoms with Crippen molar-refractivity contribution in [2.75, 3.05) is 26.1 Å². The van der Waals surface area contributed by atoms with Crippen LogP contribution < -0.4 is 10.5 Å². The number of anilines is 1. The van der Waals surface area contributed by atoms with Crippen LogP contribution in [0.1, 0.15) is 0 Å². The molecule has 1 unspecified atom stereocenters. The number of aliphatic hydroxyl groups is 1. The highest BCUT2D eigenvalue weighted by Gasteiger charge is 2.19. The summed E-state index contributed by atoms with van der Waals surface area (Å²) >= 11 is 0. The van der Waals surface area contributed by atoms with Crippen LogP contribution in [0.15, 0.2) is 29.2 Å². The van der Waals surface area contributed by atoms with Crippen molar-refractivity contribution in [1.82, 2.24) is 4.72 Å². The average Bonchev–Trinajstić information content (AvgIpc) is 2.28. The van der Waals surface area contributed by atoms with Gasteiger partial charge in [0.05, 0.1) is 24.2 Å². The monoisotopic (exact) mass is 260 g/mol. The molecule has 96 valence electrons. The lowest BCUT2D eigenvalue weighted by atomic mass is 10.3. The second-order valence-electron chi connectivity index (χ2n) is 3.53. The van der Waals surface area contributed by atoms with Gasteiger partial charge in [0.15, 0.2) is 0 Å². The molecule has 0 aliphatic carbocycles. The molecule has 0 radical (unpaired) electrons. The molecule has 7 heteroatoms. The molecule has 0 saturated carbocycles. The lowest BCUT2D eigenvalue weighted by Crippen LogP contribution is -2.40. The summed E-state index contributed by atoms with van der Waals surface area (Å²) in [6, 6.07) is 5.14. The highest BCUT2D eigenvalue weighted by atomic mass is 32.2. The van der Waals surface area contributed by atoms with E-state index in [1.54, 1.807) is 0 Å². The first-order chi connectivity index (χ1) is 7.99. The van der Waals surface area contributed by atoms with Crippen LogP contribution in [0.5, 0.6) is 0 Å². The number of nitrogens with one attached hydrogen (secondary N) is 1. The number of aliphatic hydroxyl groups excluding tert-OH is 1. The van der Waals surface area contributed by atoms with Gasteiger partial charge in [-0.2, -0.15) is 0 Å². The number of hydrogen-bond acceptors (Lipinski definition) is 5. The SMILES string of the molecule is COCC(CO)NS(=O)(=O)c1ccc(N)cc1. The number of hydrogen-bond donors (Lipinski definition) is 3. The molecule has 4 N–H and O–H groups in total. The standard InChI is InChI=1S/C10H16N2O4S/c1-16-7-9(6-13)12-17(14,15)10-4-2-8(11)3-5-10/h2-5,9,12-13H,6-7,11H2,1H3. The van der Waals surface area contributed by atoms with Crippen LogP contribution in [-0.2, 0) is 14.8 Å². The molecule has 0 heterocycles. The zero-order valence-electron chi connectivity index (χ0n) is 9.46. The molecule has 0 aromatic heterocycles. The molecule has 1 aromatic rings. The van der Waals surface area contributed by atoms with Crippen molar-refractivity contribution in [3.05, 3.63) is 24.3 Å². The Hall–Kier alpha value is -1.15.